The van der Waals surface area contributed by atoms with Crippen molar-refractivity contribution in [1.29, 1.82) is 0 Å². The number of nitrogen functional groups attached to an aromatic ring is 1. The maximum atomic E-state index is 5.32. The number of aryl methyl sites for hydroxylation is 1. The lowest BCUT2D eigenvalue weighted by Gasteiger charge is -2.20. The quantitative estimate of drug-likeness (QED) is 0.377. The molecule has 0 saturated heterocycles. The molecule has 1 heterocycles. The van der Waals surface area contributed by atoms with E-state index in [1.165, 1.54) is 6.42 Å². The summed E-state index contributed by atoms with van der Waals surface area (Å²) in [4.78, 5) is 10.7. The Labute approximate surface area is 115 Å². The molecule has 6 heteroatoms. The molecule has 108 valence electrons. The van der Waals surface area contributed by atoms with Crippen molar-refractivity contribution in [3.05, 3.63) is 11.8 Å². The van der Waals surface area contributed by atoms with Gasteiger partial charge in [-0.1, -0.05) is 0 Å². The van der Waals surface area contributed by atoms with Gasteiger partial charge in [0.2, 0.25) is 5.95 Å². The number of rotatable bonds is 8. The van der Waals surface area contributed by atoms with Crippen LogP contribution in [0, 0.1) is 6.92 Å². The minimum Gasteiger partial charge on any atom is -0.370 e. The summed E-state index contributed by atoms with van der Waals surface area (Å²) >= 11 is 0. The van der Waals surface area contributed by atoms with E-state index in [-0.39, 0.29) is 0 Å². The van der Waals surface area contributed by atoms with Crippen LogP contribution in [0.1, 0.15) is 32.4 Å². The fourth-order valence-corrected chi connectivity index (χ4v) is 1.68. The van der Waals surface area contributed by atoms with Crippen molar-refractivity contribution in [1.82, 2.24) is 14.9 Å². The third-order valence-electron chi connectivity index (χ3n) is 3.11. The summed E-state index contributed by atoms with van der Waals surface area (Å²) in [5.41, 5.74) is 3.36. The molecule has 1 aromatic rings. The Bertz CT molecular complexity index is 379. The van der Waals surface area contributed by atoms with Gasteiger partial charge >= 0.3 is 0 Å². The molecule has 4 N–H and O–H groups in total. The van der Waals surface area contributed by atoms with Gasteiger partial charge in [0.25, 0.3) is 0 Å². The van der Waals surface area contributed by atoms with Crippen molar-refractivity contribution in [3.63, 3.8) is 0 Å². The first-order valence-electron chi connectivity index (χ1n) is 6.79. The van der Waals surface area contributed by atoms with E-state index in [9.17, 15) is 0 Å². The summed E-state index contributed by atoms with van der Waals surface area (Å²) in [5.74, 6) is 6.58. The van der Waals surface area contributed by atoms with Crippen molar-refractivity contribution < 1.29 is 0 Å². The van der Waals surface area contributed by atoms with Crippen LogP contribution < -0.4 is 16.6 Å². The molecule has 0 amide bonds. The molecule has 0 atom stereocenters. The molecule has 0 aliphatic carbocycles. The highest BCUT2D eigenvalue weighted by Gasteiger charge is 2.03. The Morgan fingerprint density at radius 1 is 1.32 bits per heavy atom. The van der Waals surface area contributed by atoms with Gasteiger partial charge in [0.1, 0.15) is 5.82 Å². The lowest BCUT2D eigenvalue weighted by Crippen LogP contribution is -2.27. The fourth-order valence-electron chi connectivity index (χ4n) is 1.68. The van der Waals surface area contributed by atoms with Gasteiger partial charge in [-0.3, -0.25) is 5.43 Å². The summed E-state index contributed by atoms with van der Waals surface area (Å²) < 4.78 is 0. The monoisotopic (exact) mass is 266 g/mol. The van der Waals surface area contributed by atoms with Crippen LogP contribution >= 0.6 is 0 Å². The molecule has 19 heavy (non-hydrogen) atoms. The molecule has 0 aliphatic rings. The topological polar surface area (TPSA) is 79.1 Å². The smallest absolute Gasteiger partial charge is 0.239 e. The van der Waals surface area contributed by atoms with Crippen LogP contribution in [0.25, 0.3) is 0 Å². The van der Waals surface area contributed by atoms with Crippen LogP contribution in [-0.2, 0) is 0 Å². The van der Waals surface area contributed by atoms with Gasteiger partial charge in [0, 0.05) is 24.3 Å². The molecule has 0 radical (unpaired) electrons. The zero-order valence-electron chi connectivity index (χ0n) is 12.4. The lowest BCUT2D eigenvalue weighted by molar-refractivity contribution is 0.269. The molecule has 0 aliphatic heterocycles. The van der Waals surface area contributed by atoms with E-state index in [1.54, 1.807) is 0 Å². The van der Waals surface area contributed by atoms with E-state index < -0.39 is 0 Å². The lowest BCUT2D eigenvalue weighted by atomic mass is 10.2. The number of anilines is 2. The van der Waals surface area contributed by atoms with E-state index in [2.05, 4.69) is 46.5 Å². The van der Waals surface area contributed by atoms with Crippen molar-refractivity contribution >= 4 is 11.8 Å². The largest absolute Gasteiger partial charge is 0.370 e. The van der Waals surface area contributed by atoms with Crippen LogP contribution in [-0.4, -0.2) is 41.0 Å². The Morgan fingerprint density at radius 2 is 2.05 bits per heavy atom. The number of nitrogens with two attached hydrogens (primary N) is 1. The van der Waals surface area contributed by atoms with Crippen molar-refractivity contribution in [3.8, 4) is 0 Å². The minimum atomic E-state index is 0.446. The first-order chi connectivity index (χ1) is 9.02. The molecule has 1 aromatic heterocycles. The molecular weight excluding hydrogens is 240 g/mol. The first kappa shape index (κ1) is 15.7. The zero-order chi connectivity index (χ0) is 14.3. The van der Waals surface area contributed by atoms with Crippen LogP contribution in [0.5, 0.6) is 0 Å². The summed E-state index contributed by atoms with van der Waals surface area (Å²) in [6.45, 7) is 8.38. The second kappa shape index (κ2) is 7.91. The molecule has 0 bridgehead atoms. The number of nitrogens with one attached hydrogen (secondary N) is 2. The maximum Gasteiger partial charge on any atom is 0.239 e. The average Bonchev–Trinajstić information content (AvgIpc) is 2.37. The molecular formula is C13H26N6. The standard InChI is InChI=1S/C13H26N6/c1-10(2)19(4)8-6-5-7-15-12-9-11(3)16-13(17-12)18-14/h9-10H,5-8,14H2,1-4H3,(H2,15,16,17,18). The van der Waals surface area contributed by atoms with E-state index >= 15 is 0 Å². The number of nitrogens with zero attached hydrogens (tertiary/aromatic N) is 3. The second-order valence-corrected chi connectivity index (χ2v) is 5.07. The van der Waals surface area contributed by atoms with Crippen LogP contribution in [0.2, 0.25) is 0 Å². The normalized spacial score (nSPS) is 11.1. The molecule has 0 saturated carbocycles. The number of hydrogen-bond acceptors (Lipinski definition) is 6. The highest BCUT2D eigenvalue weighted by molar-refractivity contribution is 5.41. The van der Waals surface area contributed by atoms with Crippen LogP contribution in [0.4, 0.5) is 11.8 Å². The number of hydrogen-bond donors (Lipinski definition) is 3. The van der Waals surface area contributed by atoms with E-state index in [4.69, 9.17) is 5.84 Å². The molecule has 1 rings (SSSR count). The summed E-state index contributed by atoms with van der Waals surface area (Å²) in [6, 6.07) is 2.52. The molecule has 0 fully saturated rings. The number of hydrazine groups is 1. The molecule has 0 spiro atoms. The Hall–Kier alpha value is -1.40. The third kappa shape index (κ3) is 5.85. The zero-order valence-corrected chi connectivity index (χ0v) is 12.4. The number of aromatic nitrogens is 2. The van der Waals surface area contributed by atoms with Crippen molar-refractivity contribution in [2.75, 3.05) is 30.9 Å². The van der Waals surface area contributed by atoms with Gasteiger partial charge in [-0.05, 0) is 47.2 Å². The van der Waals surface area contributed by atoms with Gasteiger partial charge < -0.3 is 10.2 Å². The highest BCUT2D eigenvalue weighted by atomic mass is 15.3. The van der Waals surface area contributed by atoms with Gasteiger partial charge in [-0.2, -0.15) is 4.98 Å². The van der Waals surface area contributed by atoms with Crippen molar-refractivity contribution in [2.45, 2.75) is 39.7 Å². The average molecular weight is 266 g/mol. The second-order valence-electron chi connectivity index (χ2n) is 5.07. The minimum absolute atomic E-state index is 0.446. The highest BCUT2D eigenvalue weighted by Crippen LogP contribution is 2.08. The first-order valence-corrected chi connectivity index (χ1v) is 6.79. The predicted octanol–water partition coefficient (Wildman–Crippen LogP) is 1.60. The molecule has 0 aromatic carbocycles. The van der Waals surface area contributed by atoms with Crippen LogP contribution in [0.15, 0.2) is 6.07 Å². The maximum absolute atomic E-state index is 5.32. The van der Waals surface area contributed by atoms with Crippen molar-refractivity contribution in [2.24, 2.45) is 5.84 Å². The van der Waals surface area contributed by atoms with E-state index in [1.807, 2.05) is 13.0 Å². The number of unbranched alkanes of at least 4 members (excludes halogenated alkanes) is 1. The van der Waals surface area contributed by atoms with E-state index in [0.29, 0.717) is 12.0 Å². The Morgan fingerprint density at radius 3 is 2.68 bits per heavy atom. The Kier molecular flexibility index (Phi) is 6.52. The van der Waals surface area contributed by atoms with Crippen LogP contribution in [0.3, 0.4) is 0 Å². The van der Waals surface area contributed by atoms with Gasteiger partial charge in [0.05, 0.1) is 0 Å². The summed E-state index contributed by atoms with van der Waals surface area (Å²) in [5, 5.41) is 3.30. The molecule has 0 unspecified atom stereocenters. The van der Waals surface area contributed by atoms with E-state index in [0.717, 1.165) is 31.0 Å². The van der Waals surface area contributed by atoms with Gasteiger partial charge in [-0.15, -0.1) is 0 Å². The third-order valence-corrected chi connectivity index (χ3v) is 3.11. The predicted molar refractivity (Wildman–Crippen MR) is 80.1 cm³/mol. The summed E-state index contributed by atoms with van der Waals surface area (Å²) in [6.07, 6.45) is 2.29. The SMILES string of the molecule is Cc1cc(NCCCCN(C)C(C)C)nc(NN)n1. The fraction of sp³-hybridized carbons (Fsp3) is 0.692. The summed E-state index contributed by atoms with van der Waals surface area (Å²) in [7, 11) is 2.16. The van der Waals surface area contributed by atoms with Gasteiger partial charge in [-0.25, -0.2) is 10.8 Å². The Balaban J connectivity index is 2.28. The molecule has 6 nitrogen and oxygen atoms in total. The van der Waals surface area contributed by atoms with Gasteiger partial charge in [0.15, 0.2) is 0 Å².